The number of amides is 1. The Labute approximate surface area is 164 Å². The van der Waals surface area contributed by atoms with Crippen molar-refractivity contribution in [3.8, 4) is 0 Å². The van der Waals surface area contributed by atoms with Crippen LogP contribution in [0.4, 0.5) is 0 Å². The van der Waals surface area contributed by atoms with Gasteiger partial charge in [0, 0.05) is 19.8 Å². The smallest absolute Gasteiger partial charge is 0.272 e. The van der Waals surface area contributed by atoms with Gasteiger partial charge in [0.1, 0.15) is 11.5 Å². The van der Waals surface area contributed by atoms with E-state index in [1.54, 1.807) is 30.3 Å². The minimum Gasteiger partial charge on any atom is -0.333 e. The van der Waals surface area contributed by atoms with Gasteiger partial charge in [0.05, 0.1) is 17.6 Å². The SMILES string of the molecule is Cc1ccccc1Cn1c(CN(C)C(=O)c2ccccn2)nc2ccccc21. The molecule has 2 heterocycles. The molecule has 28 heavy (non-hydrogen) atoms. The van der Waals surface area contributed by atoms with E-state index in [2.05, 4.69) is 40.7 Å². The molecule has 0 radical (unpaired) electrons. The van der Waals surface area contributed by atoms with Crippen molar-refractivity contribution in [3.05, 3.63) is 95.6 Å². The molecular weight excluding hydrogens is 348 g/mol. The lowest BCUT2D eigenvalue weighted by Crippen LogP contribution is -2.28. The summed E-state index contributed by atoms with van der Waals surface area (Å²) in [5.41, 5.74) is 4.92. The zero-order valence-electron chi connectivity index (χ0n) is 16.0. The summed E-state index contributed by atoms with van der Waals surface area (Å²) in [6.07, 6.45) is 1.63. The number of hydrogen-bond donors (Lipinski definition) is 0. The van der Waals surface area contributed by atoms with Crippen LogP contribution in [0.25, 0.3) is 11.0 Å². The summed E-state index contributed by atoms with van der Waals surface area (Å²) in [6.45, 7) is 3.24. The monoisotopic (exact) mass is 370 g/mol. The fraction of sp³-hybridized carbons (Fsp3) is 0.174. The lowest BCUT2D eigenvalue weighted by Gasteiger charge is -2.18. The molecule has 0 aliphatic carbocycles. The number of imidazole rings is 1. The van der Waals surface area contributed by atoms with Gasteiger partial charge in [-0.25, -0.2) is 4.98 Å². The van der Waals surface area contributed by atoms with Crippen LogP contribution in [0.3, 0.4) is 0 Å². The second-order valence-electron chi connectivity index (χ2n) is 6.91. The van der Waals surface area contributed by atoms with Crippen LogP contribution in [0, 0.1) is 6.92 Å². The Balaban J connectivity index is 1.68. The molecule has 0 aliphatic heterocycles. The Morgan fingerprint density at radius 3 is 2.54 bits per heavy atom. The first-order valence-electron chi connectivity index (χ1n) is 9.28. The van der Waals surface area contributed by atoms with Gasteiger partial charge < -0.3 is 9.47 Å². The van der Waals surface area contributed by atoms with E-state index in [-0.39, 0.29) is 5.91 Å². The summed E-state index contributed by atoms with van der Waals surface area (Å²) in [4.78, 5) is 23.3. The molecule has 1 amide bonds. The number of aryl methyl sites for hydroxylation is 1. The number of pyridine rings is 1. The first kappa shape index (κ1) is 17.9. The van der Waals surface area contributed by atoms with Crippen LogP contribution in [-0.2, 0) is 13.1 Å². The van der Waals surface area contributed by atoms with E-state index < -0.39 is 0 Å². The van der Waals surface area contributed by atoms with E-state index in [0.29, 0.717) is 18.8 Å². The maximum Gasteiger partial charge on any atom is 0.272 e. The first-order valence-corrected chi connectivity index (χ1v) is 9.28. The summed E-state index contributed by atoms with van der Waals surface area (Å²) in [6, 6.07) is 21.8. The molecule has 0 aliphatic rings. The standard InChI is InChI=1S/C23H22N4O/c1-17-9-3-4-10-18(17)15-27-21-13-6-5-11-19(21)25-22(27)16-26(2)23(28)20-12-7-8-14-24-20/h3-14H,15-16H2,1-2H3. The number of carbonyl (C=O) groups excluding carboxylic acids is 1. The highest BCUT2D eigenvalue weighted by Gasteiger charge is 2.18. The Morgan fingerprint density at radius 1 is 1.00 bits per heavy atom. The van der Waals surface area contributed by atoms with Gasteiger partial charge in [-0.3, -0.25) is 9.78 Å². The number of para-hydroxylation sites is 2. The molecule has 0 saturated carbocycles. The van der Waals surface area contributed by atoms with Crippen LogP contribution in [-0.4, -0.2) is 32.4 Å². The number of nitrogens with zero attached hydrogens (tertiary/aromatic N) is 4. The topological polar surface area (TPSA) is 51.0 Å². The molecule has 2 aromatic heterocycles. The van der Waals surface area contributed by atoms with Gasteiger partial charge >= 0.3 is 0 Å². The van der Waals surface area contributed by atoms with Crippen molar-refractivity contribution >= 4 is 16.9 Å². The highest BCUT2D eigenvalue weighted by molar-refractivity contribution is 5.92. The van der Waals surface area contributed by atoms with Crippen molar-refractivity contribution < 1.29 is 4.79 Å². The van der Waals surface area contributed by atoms with Gasteiger partial charge in [-0.15, -0.1) is 0 Å². The lowest BCUT2D eigenvalue weighted by molar-refractivity contribution is 0.0774. The first-order chi connectivity index (χ1) is 13.6. The summed E-state index contributed by atoms with van der Waals surface area (Å²) < 4.78 is 2.19. The summed E-state index contributed by atoms with van der Waals surface area (Å²) in [5, 5.41) is 0. The molecule has 2 aromatic carbocycles. The maximum absolute atomic E-state index is 12.7. The highest BCUT2D eigenvalue weighted by atomic mass is 16.2. The van der Waals surface area contributed by atoms with Gasteiger partial charge in [0.15, 0.2) is 0 Å². The van der Waals surface area contributed by atoms with Gasteiger partial charge in [-0.2, -0.15) is 0 Å². The van der Waals surface area contributed by atoms with Crippen LogP contribution in [0.2, 0.25) is 0 Å². The Morgan fingerprint density at radius 2 is 1.75 bits per heavy atom. The Hall–Kier alpha value is -3.47. The number of hydrogen-bond acceptors (Lipinski definition) is 3. The van der Waals surface area contributed by atoms with Crippen LogP contribution < -0.4 is 0 Å². The normalized spacial score (nSPS) is 10.9. The molecule has 0 N–H and O–H groups in total. The van der Waals surface area contributed by atoms with Gasteiger partial charge in [-0.1, -0.05) is 42.5 Å². The second-order valence-corrected chi connectivity index (χ2v) is 6.91. The molecule has 140 valence electrons. The van der Waals surface area contributed by atoms with Gasteiger partial charge in [-0.05, 0) is 42.3 Å². The zero-order chi connectivity index (χ0) is 19.5. The van der Waals surface area contributed by atoms with E-state index in [9.17, 15) is 4.79 Å². The third kappa shape index (κ3) is 3.51. The lowest BCUT2D eigenvalue weighted by atomic mass is 10.1. The predicted octanol–water partition coefficient (Wildman–Crippen LogP) is 4.06. The van der Waals surface area contributed by atoms with Crippen LogP contribution in [0.15, 0.2) is 72.9 Å². The fourth-order valence-corrected chi connectivity index (χ4v) is 3.35. The third-order valence-corrected chi connectivity index (χ3v) is 4.93. The summed E-state index contributed by atoms with van der Waals surface area (Å²) in [5.74, 6) is 0.742. The van der Waals surface area contributed by atoms with Crippen LogP contribution in [0.5, 0.6) is 0 Å². The second kappa shape index (κ2) is 7.64. The zero-order valence-corrected chi connectivity index (χ0v) is 16.0. The molecule has 0 spiro atoms. The quantitative estimate of drug-likeness (QED) is 0.532. The average Bonchev–Trinajstić information content (AvgIpc) is 3.07. The molecule has 4 rings (SSSR count). The average molecular weight is 370 g/mol. The molecule has 4 aromatic rings. The molecular formula is C23H22N4O. The molecule has 0 fully saturated rings. The van der Waals surface area contributed by atoms with Gasteiger partial charge in [0.25, 0.3) is 5.91 Å². The van der Waals surface area contributed by atoms with Crippen molar-refractivity contribution in [2.45, 2.75) is 20.0 Å². The van der Waals surface area contributed by atoms with E-state index in [1.807, 2.05) is 30.3 Å². The van der Waals surface area contributed by atoms with Crippen molar-refractivity contribution in [1.82, 2.24) is 19.4 Å². The third-order valence-electron chi connectivity index (χ3n) is 4.93. The molecule has 0 saturated heterocycles. The van der Waals surface area contributed by atoms with Gasteiger partial charge in [0.2, 0.25) is 0 Å². The molecule has 5 nitrogen and oxygen atoms in total. The number of fused-ring (bicyclic) bond motifs is 1. The minimum absolute atomic E-state index is 0.116. The van der Waals surface area contributed by atoms with Crippen molar-refractivity contribution in [3.63, 3.8) is 0 Å². The van der Waals surface area contributed by atoms with Crippen molar-refractivity contribution in [2.24, 2.45) is 0 Å². The molecule has 0 unspecified atom stereocenters. The molecule has 5 heteroatoms. The van der Waals surface area contributed by atoms with E-state index in [0.717, 1.165) is 16.9 Å². The Kier molecular flexibility index (Phi) is 4.89. The molecule has 0 bridgehead atoms. The predicted molar refractivity (Wildman–Crippen MR) is 110 cm³/mol. The molecule has 0 atom stereocenters. The van der Waals surface area contributed by atoms with E-state index >= 15 is 0 Å². The largest absolute Gasteiger partial charge is 0.333 e. The van der Waals surface area contributed by atoms with Crippen molar-refractivity contribution in [1.29, 1.82) is 0 Å². The fourth-order valence-electron chi connectivity index (χ4n) is 3.35. The van der Waals surface area contributed by atoms with E-state index in [4.69, 9.17) is 4.98 Å². The summed E-state index contributed by atoms with van der Waals surface area (Å²) in [7, 11) is 1.79. The Bertz CT molecular complexity index is 1120. The maximum atomic E-state index is 12.7. The summed E-state index contributed by atoms with van der Waals surface area (Å²) >= 11 is 0. The minimum atomic E-state index is -0.116. The highest BCUT2D eigenvalue weighted by Crippen LogP contribution is 2.20. The number of benzene rings is 2. The van der Waals surface area contributed by atoms with Crippen LogP contribution in [0.1, 0.15) is 27.4 Å². The van der Waals surface area contributed by atoms with Crippen LogP contribution >= 0.6 is 0 Å². The number of carbonyl (C=O) groups is 1. The number of rotatable bonds is 5. The van der Waals surface area contributed by atoms with Crippen molar-refractivity contribution in [2.75, 3.05) is 7.05 Å². The van der Waals surface area contributed by atoms with E-state index in [1.165, 1.54) is 11.1 Å². The number of aromatic nitrogens is 3.